The molecule has 3 nitrogen and oxygen atoms in total. The van der Waals surface area contributed by atoms with Gasteiger partial charge in [-0.2, -0.15) is 0 Å². The van der Waals surface area contributed by atoms with Crippen molar-refractivity contribution >= 4 is 27.5 Å². The third-order valence-electron chi connectivity index (χ3n) is 3.36. The summed E-state index contributed by atoms with van der Waals surface area (Å²) in [5.74, 6) is 1.61. The van der Waals surface area contributed by atoms with Gasteiger partial charge >= 0.3 is 0 Å². The second-order valence-electron chi connectivity index (χ2n) is 4.85. The van der Waals surface area contributed by atoms with Gasteiger partial charge in [0.05, 0.1) is 0 Å². The van der Waals surface area contributed by atoms with Crippen LogP contribution in [0.2, 0.25) is 5.02 Å². The first kappa shape index (κ1) is 14.7. The van der Waals surface area contributed by atoms with Crippen LogP contribution in [0.25, 0.3) is 0 Å². The lowest BCUT2D eigenvalue weighted by atomic mass is 10.1. The summed E-state index contributed by atoms with van der Waals surface area (Å²) in [7, 11) is 0. The van der Waals surface area contributed by atoms with Crippen LogP contribution < -0.4 is 14.8 Å². The van der Waals surface area contributed by atoms with Crippen molar-refractivity contribution in [2.24, 2.45) is 0 Å². The number of benzene rings is 2. The van der Waals surface area contributed by atoms with Crippen molar-refractivity contribution in [3.05, 3.63) is 57.0 Å². The second-order valence-corrected chi connectivity index (χ2v) is 6.14. The molecule has 0 spiro atoms. The molecule has 0 bridgehead atoms. The molecule has 2 aromatic rings. The Morgan fingerprint density at radius 1 is 1.10 bits per heavy atom. The molecular weight excluding hydrogens is 354 g/mol. The van der Waals surface area contributed by atoms with E-state index in [-0.39, 0.29) is 0 Å². The third kappa shape index (κ3) is 3.70. The fourth-order valence-corrected chi connectivity index (χ4v) is 2.79. The molecule has 0 amide bonds. The summed E-state index contributed by atoms with van der Waals surface area (Å²) in [5.41, 5.74) is 2.44. The molecule has 0 radical (unpaired) electrons. The first-order valence-corrected chi connectivity index (χ1v) is 7.92. The zero-order chi connectivity index (χ0) is 14.7. The summed E-state index contributed by atoms with van der Waals surface area (Å²) in [5, 5.41) is 4.21. The lowest BCUT2D eigenvalue weighted by Gasteiger charge is -2.08. The molecule has 0 aliphatic carbocycles. The zero-order valence-corrected chi connectivity index (χ0v) is 13.7. The van der Waals surface area contributed by atoms with Gasteiger partial charge < -0.3 is 14.8 Å². The van der Waals surface area contributed by atoms with Crippen molar-refractivity contribution in [3.8, 4) is 11.5 Å². The number of ether oxygens (including phenoxy) is 2. The van der Waals surface area contributed by atoms with E-state index in [4.69, 9.17) is 21.1 Å². The lowest BCUT2D eigenvalue weighted by molar-refractivity contribution is 0.174. The quantitative estimate of drug-likeness (QED) is 0.804. The number of nitrogens with one attached hydrogen (secondary N) is 1. The fraction of sp³-hybridized carbons (Fsp3) is 0.250. The molecule has 0 saturated carbocycles. The lowest BCUT2D eigenvalue weighted by Crippen LogP contribution is -2.16. The molecule has 1 heterocycles. The third-order valence-corrected chi connectivity index (χ3v) is 4.35. The predicted octanol–water partition coefficient (Wildman–Crippen LogP) is 4.16. The fourth-order valence-electron chi connectivity index (χ4n) is 2.20. The van der Waals surface area contributed by atoms with Crippen LogP contribution in [0.4, 0.5) is 0 Å². The minimum absolute atomic E-state index is 0.301. The Kier molecular flexibility index (Phi) is 4.68. The molecule has 21 heavy (non-hydrogen) atoms. The average molecular weight is 369 g/mol. The van der Waals surface area contributed by atoms with E-state index in [0.29, 0.717) is 6.79 Å². The second kappa shape index (κ2) is 6.69. The molecule has 0 atom stereocenters. The van der Waals surface area contributed by atoms with Crippen LogP contribution in [-0.2, 0) is 13.0 Å². The molecule has 1 N–H and O–H groups in total. The highest BCUT2D eigenvalue weighted by Gasteiger charge is 2.15. The largest absolute Gasteiger partial charge is 0.454 e. The van der Waals surface area contributed by atoms with Crippen LogP contribution in [0, 0.1) is 0 Å². The molecule has 1 aliphatic rings. The molecule has 2 aromatic carbocycles. The molecular formula is C16H15BrClNO2. The Bertz CT molecular complexity index is 631. The summed E-state index contributed by atoms with van der Waals surface area (Å²) in [6.07, 6.45) is 0.972. The van der Waals surface area contributed by atoms with E-state index in [2.05, 4.69) is 33.4 Å². The summed E-state index contributed by atoms with van der Waals surface area (Å²) in [6.45, 7) is 1.99. The smallest absolute Gasteiger partial charge is 0.231 e. The Morgan fingerprint density at radius 3 is 2.57 bits per heavy atom. The summed E-state index contributed by atoms with van der Waals surface area (Å²) in [4.78, 5) is 0. The normalized spacial score (nSPS) is 12.7. The van der Waals surface area contributed by atoms with Crippen LogP contribution in [0.3, 0.4) is 0 Å². The summed E-state index contributed by atoms with van der Waals surface area (Å²) in [6, 6.07) is 11.9. The van der Waals surface area contributed by atoms with Crippen LogP contribution in [0.1, 0.15) is 11.1 Å². The Labute approximate surface area is 137 Å². The van der Waals surface area contributed by atoms with Gasteiger partial charge in [0, 0.05) is 16.0 Å². The van der Waals surface area contributed by atoms with Gasteiger partial charge in [0.25, 0.3) is 0 Å². The minimum atomic E-state index is 0.301. The molecule has 5 heteroatoms. The van der Waals surface area contributed by atoms with Gasteiger partial charge in [0.1, 0.15) is 0 Å². The van der Waals surface area contributed by atoms with Crippen molar-refractivity contribution in [2.45, 2.75) is 13.0 Å². The number of halogens is 2. The van der Waals surface area contributed by atoms with Crippen LogP contribution in [0.15, 0.2) is 40.9 Å². The molecule has 0 fully saturated rings. The van der Waals surface area contributed by atoms with E-state index >= 15 is 0 Å². The van der Waals surface area contributed by atoms with Gasteiger partial charge in [-0.1, -0.05) is 39.7 Å². The minimum Gasteiger partial charge on any atom is -0.454 e. The van der Waals surface area contributed by atoms with Gasteiger partial charge in [-0.25, -0.2) is 0 Å². The number of rotatable bonds is 5. The Hall–Kier alpha value is -1.23. The number of fused-ring (bicyclic) bond motifs is 1. The first-order valence-electron chi connectivity index (χ1n) is 6.75. The van der Waals surface area contributed by atoms with Crippen molar-refractivity contribution in [2.75, 3.05) is 13.3 Å². The van der Waals surface area contributed by atoms with E-state index in [0.717, 1.165) is 46.1 Å². The number of hydrogen-bond acceptors (Lipinski definition) is 3. The predicted molar refractivity (Wildman–Crippen MR) is 87.1 cm³/mol. The molecule has 0 unspecified atom stereocenters. The Balaban J connectivity index is 1.52. The van der Waals surface area contributed by atoms with Gasteiger partial charge in [-0.15, -0.1) is 0 Å². The monoisotopic (exact) mass is 367 g/mol. The maximum absolute atomic E-state index is 5.87. The Morgan fingerprint density at radius 2 is 1.81 bits per heavy atom. The first-order chi connectivity index (χ1) is 10.2. The SMILES string of the molecule is Clc1ccc(CCNCc2cc3c(cc2Br)OCO3)cc1. The highest BCUT2D eigenvalue weighted by atomic mass is 79.9. The highest BCUT2D eigenvalue weighted by Crippen LogP contribution is 2.36. The van der Waals surface area contributed by atoms with Crippen molar-refractivity contribution in [3.63, 3.8) is 0 Å². The van der Waals surface area contributed by atoms with Crippen molar-refractivity contribution in [1.82, 2.24) is 5.32 Å². The van der Waals surface area contributed by atoms with E-state index < -0.39 is 0 Å². The zero-order valence-electron chi connectivity index (χ0n) is 11.4. The van der Waals surface area contributed by atoms with Gasteiger partial charge in [0.15, 0.2) is 11.5 Å². The molecule has 3 rings (SSSR count). The van der Waals surface area contributed by atoms with Crippen LogP contribution in [-0.4, -0.2) is 13.3 Å². The van der Waals surface area contributed by atoms with Crippen molar-refractivity contribution in [1.29, 1.82) is 0 Å². The maximum Gasteiger partial charge on any atom is 0.231 e. The van der Waals surface area contributed by atoms with Gasteiger partial charge in [0.2, 0.25) is 6.79 Å². The van der Waals surface area contributed by atoms with Gasteiger partial charge in [-0.3, -0.25) is 0 Å². The number of hydrogen-bond donors (Lipinski definition) is 1. The molecule has 0 aromatic heterocycles. The van der Waals surface area contributed by atoms with Crippen molar-refractivity contribution < 1.29 is 9.47 Å². The average Bonchev–Trinajstić information content (AvgIpc) is 2.92. The van der Waals surface area contributed by atoms with E-state index in [1.807, 2.05) is 24.3 Å². The van der Waals surface area contributed by atoms with E-state index in [9.17, 15) is 0 Å². The summed E-state index contributed by atoms with van der Waals surface area (Å²) < 4.78 is 11.8. The van der Waals surface area contributed by atoms with E-state index in [1.54, 1.807) is 0 Å². The van der Waals surface area contributed by atoms with E-state index in [1.165, 1.54) is 5.56 Å². The molecule has 0 saturated heterocycles. The standard InChI is InChI=1S/C16H15BrClNO2/c17-14-8-16-15(20-10-21-16)7-12(14)9-19-6-5-11-1-3-13(18)4-2-11/h1-4,7-8,19H,5-6,9-10H2. The van der Waals surface area contributed by atoms with Gasteiger partial charge in [-0.05, 0) is 48.4 Å². The summed E-state index contributed by atoms with van der Waals surface area (Å²) >= 11 is 9.44. The van der Waals surface area contributed by atoms with Crippen LogP contribution >= 0.6 is 27.5 Å². The highest BCUT2D eigenvalue weighted by molar-refractivity contribution is 9.10. The topological polar surface area (TPSA) is 30.5 Å². The molecule has 1 aliphatic heterocycles. The molecule has 110 valence electrons. The van der Waals surface area contributed by atoms with Crippen LogP contribution in [0.5, 0.6) is 11.5 Å². The maximum atomic E-state index is 5.87.